The number of phenols is 1. The Hall–Kier alpha value is -5.75. The van der Waals surface area contributed by atoms with Crippen molar-refractivity contribution >= 4 is 65.9 Å². The Morgan fingerprint density at radius 3 is 2.25 bits per heavy atom. The zero-order valence-corrected chi connectivity index (χ0v) is 46.2. The van der Waals surface area contributed by atoms with Gasteiger partial charge in [-0.15, -0.1) is 24.2 Å². The molecule has 24 heteroatoms. The van der Waals surface area contributed by atoms with Crippen LogP contribution in [0.25, 0.3) is 0 Å². The van der Waals surface area contributed by atoms with Crippen LogP contribution >= 0.6 is 18.9 Å². The number of amides is 5. The van der Waals surface area contributed by atoms with E-state index in [0.717, 1.165) is 44.2 Å². The zero-order chi connectivity index (χ0) is 55.7. The molecule has 8 N–H and O–H groups in total. The smallest absolute Gasteiger partial charge is 0.313 e. The van der Waals surface area contributed by atoms with Crippen LogP contribution in [0.4, 0.5) is 5.69 Å². The van der Waals surface area contributed by atoms with E-state index < -0.39 is 55.3 Å². The molecule has 2 heterocycles. The molecule has 1 saturated heterocycles. The van der Waals surface area contributed by atoms with Gasteiger partial charge in [-0.2, -0.15) is 10.4 Å². The SMILES string of the molecule is C#CC(=O)NNP(=O)(NCCOCCOCCC(=O)Nc1cc(C[C@@H](CCC)NC(=O)c2csc([C@@H](C[C@H](C(C)C)N(C)C(=O)[C@@H](CC(=O)C3CCCCN3C)[C@@H](C)CC)OC(C)=O)n2)ccc1O)NNC(=O)C#C. The molecule has 1 aromatic carbocycles. The summed E-state index contributed by atoms with van der Waals surface area (Å²) in [7, 11) is -0.127. The van der Waals surface area contributed by atoms with E-state index in [9.17, 15) is 43.2 Å². The number of hydrogen-bond donors (Lipinski definition) is 8. The van der Waals surface area contributed by atoms with Crippen molar-refractivity contribution in [2.24, 2.45) is 17.8 Å². The third kappa shape index (κ3) is 21.8. The predicted octanol–water partition coefficient (Wildman–Crippen LogP) is 4.14. The van der Waals surface area contributed by atoms with Gasteiger partial charge in [-0.25, -0.2) is 10.1 Å². The van der Waals surface area contributed by atoms with Crippen molar-refractivity contribution in [1.82, 2.24) is 46.4 Å². The number of hydrazine groups is 2. The summed E-state index contributed by atoms with van der Waals surface area (Å²) in [5, 5.41) is 25.3. The second-order valence-corrected chi connectivity index (χ2v) is 21.7. The van der Waals surface area contributed by atoms with E-state index in [1.54, 1.807) is 41.3 Å². The lowest BCUT2D eigenvalue weighted by molar-refractivity contribution is -0.149. The molecule has 2 aromatic rings. The zero-order valence-electron chi connectivity index (χ0n) is 44.5. The number of nitrogens with zero attached hydrogens (tertiary/aromatic N) is 3. The van der Waals surface area contributed by atoms with Gasteiger partial charge in [-0.1, -0.05) is 59.9 Å². The van der Waals surface area contributed by atoms with Crippen LogP contribution in [-0.2, 0) is 54.0 Å². The summed E-state index contributed by atoms with van der Waals surface area (Å²) in [5.74, 6) is -0.484. The normalized spacial score (nSPS) is 15.7. The Morgan fingerprint density at radius 1 is 0.987 bits per heavy atom. The number of aromatic hydroxyl groups is 1. The number of terminal acetylenes is 2. The molecular weight excluding hydrogens is 1010 g/mol. The molecule has 1 fully saturated rings. The summed E-state index contributed by atoms with van der Waals surface area (Å²) in [6, 6.07) is 3.86. The second kappa shape index (κ2) is 32.6. The summed E-state index contributed by atoms with van der Waals surface area (Å²) in [5.41, 5.74) is 5.07. The van der Waals surface area contributed by atoms with Gasteiger partial charge >= 0.3 is 25.4 Å². The van der Waals surface area contributed by atoms with Gasteiger partial charge in [0.1, 0.15) is 16.5 Å². The number of likely N-dealkylation sites (tertiary alicyclic amines) is 1. The first-order chi connectivity index (χ1) is 35.6. The van der Waals surface area contributed by atoms with Crippen LogP contribution in [0.15, 0.2) is 23.6 Å². The lowest BCUT2D eigenvalue weighted by atomic mass is 9.83. The third-order valence-electron chi connectivity index (χ3n) is 12.8. The number of ketones is 1. The van der Waals surface area contributed by atoms with E-state index in [0.29, 0.717) is 17.8 Å². The minimum Gasteiger partial charge on any atom is -0.506 e. The van der Waals surface area contributed by atoms with E-state index in [2.05, 4.69) is 36.0 Å². The number of esters is 1. The Balaban J connectivity index is 1.57. The van der Waals surface area contributed by atoms with Gasteiger partial charge in [0, 0.05) is 56.7 Å². The molecule has 5 amide bonds. The average molecular weight is 1090 g/mol. The molecule has 1 aliphatic rings. The Bertz CT molecular complexity index is 2340. The largest absolute Gasteiger partial charge is 0.506 e. The van der Waals surface area contributed by atoms with Crippen LogP contribution in [0.2, 0.25) is 0 Å². The number of carbonyl (C=O) groups is 7. The number of aromatic nitrogens is 1. The number of carbonyl (C=O) groups excluding carboxylic acids is 7. The maximum absolute atomic E-state index is 14.4. The fourth-order valence-electron chi connectivity index (χ4n) is 8.45. The third-order valence-corrected chi connectivity index (χ3v) is 15.2. The quantitative estimate of drug-likeness (QED) is 0.0124. The molecule has 0 aliphatic carbocycles. The van der Waals surface area contributed by atoms with Crippen molar-refractivity contribution < 1.29 is 57.4 Å². The first-order valence-electron chi connectivity index (χ1n) is 25.3. The molecule has 0 radical (unpaired) electrons. The number of nitrogens with one attached hydrogen (secondary N) is 7. The number of ether oxygens (including phenoxy) is 3. The highest BCUT2D eigenvalue weighted by Crippen LogP contribution is 2.33. The van der Waals surface area contributed by atoms with Crippen LogP contribution in [0.5, 0.6) is 5.75 Å². The number of phenolic OH excluding ortho intramolecular Hbond substituents is 1. The standard InChI is InChI=1S/C51H77N10O12PS/c1-11-17-37(28-36-19-20-43(63)39(29-36)54-48(67)21-24-71-26-27-72-25-22-52-74(70,58-56-46(65)13-3)59-57-47(66)14-4)53-49(68)40-32-75-50(55-40)45(73-35(8)62)31-42(33(5)6)61(10)51(69)38(34(7)12-2)30-44(64)41-18-15-16-23-60(41)9/h3-4,19-20,29,32-34,37-38,41-42,45,63H,11-12,15-18,21-28,30-31H2,1-2,5-10H3,(H,53,68)(H,54,67)(H,56,65)(H,57,66)(H3,52,58,59,70)/t34-,37+,38-,41?,42+,45+/m0/s1. The molecule has 0 saturated carbocycles. The molecule has 0 spiro atoms. The predicted molar refractivity (Wildman–Crippen MR) is 284 cm³/mol. The number of anilines is 1. The monoisotopic (exact) mass is 1080 g/mol. The van der Waals surface area contributed by atoms with Gasteiger partial charge in [0.15, 0.2) is 11.9 Å². The van der Waals surface area contributed by atoms with Crippen molar-refractivity contribution in [2.45, 2.75) is 130 Å². The molecule has 1 unspecified atom stereocenters. The lowest BCUT2D eigenvalue weighted by Gasteiger charge is -2.37. The van der Waals surface area contributed by atoms with E-state index in [-0.39, 0.29) is 105 Å². The van der Waals surface area contributed by atoms with E-state index in [1.165, 1.54) is 24.3 Å². The topological polar surface area (TPSA) is 288 Å². The molecule has 75 heavy (non-hydrogen) atoms. The van der Waals surface area contributed by atoms with Crippen molar-refractivity contribution in [3.8, 4) is 30.4 Å². The highest BCUT2D eigenvalue weighted by molar-refractivity contribution is 7.57. The van der Waals surface area contributed by atoms with Crippen LogP contribution in [0.3, 0.4) is 0 Å². The summed E-state index contributed by atoms with van der Waals surface area (Å²) >= 11 is 1.18. The highest BCUT2D eigenvalue weighted by Gasteiger charge is 2.38. The lowest BCUT2D eigenvalue weighted by Crippen LogP contribution is -2.48. The summed E-state index contributed by atoms with van der Waals surface area (Å²) in [6.45, 7) is 12.4. The van der Waals surface area contributed by atoms with Gasteiger partial charge in [0.2, 0.25) is 11.8 Å². The average Bonchev–Trinajstić information content (AvgIpc) is 3.88. The fraction of sp³-hybridized carbons (Fsp3) is 0.608. The number of thiazole rings is 1. The maximum Gasteiger partial charge on any atom is 0.313 e. The van der Waals surface area contributed by atoms with Crippen LogP contribution in [-0.4, -0.2) is 133 Å². The van der Waals surface area contributed by atoms with Crippen molar-refractivity contribution in [2.75, 3.05) is 58.9 Å². The highest BCUT2D eigenvalue weighted by atomic mass is 32.1. The molecule has 6 atom stereocenters. The minimum absolute atomic E-state index is 0.0218. The van der Waals surface area contributed by atoms with Gasteiger partial charge in [0.05, 0.1) is 44.6 Å². The number of benzene rings is 1. The number of Topliss-reactive ketones (excluding diaryl/α,β-unsaturated/α-hetero) is 1. The van der Waals surface area contributed by atoms with E-state index in [1.807, 2.05) is 52.5 Å². The van der Waals surface area contributed by atoms with Crippen molar-refractivity contribution in [3.63, 3.8) is 0 Å². The Kier molecular flexibility index (Phi) is 27.7. The minimum atomic E-state index is -3.84. The van der Waals surface area contributed by atoms with Crippen LogP contribution < -0.4 is 37.0 Å². The molecule has 3 rings (SSSR count). The first-order valence-corrected chi connectivity index (χ1v) is 27.9. The van der Waals surface area contributed by atoms with Crippen molar-refractivity contribution in [3.05, 3.63) is 39.8 Å². The number of likely N-dealkylation sites (N-methyl/N-ethyl adjacent to an activating group) is 1. The maximum atomic E-state index is 14.4. The number of hydrogen-bond acceptors (Lipinski definition) is 15. The van der Waals surface area contributed by atoms with E-state index in [4.69, 9.17) is 27.1 Å². The number of rotatable bonds is 33. The van der Waals surface area contributed by atoms with Crippen LogP contribution in [0.1, 0.15) is 126 Å². The van der Waals surface area contributed by atoms with E-state index >= 15 is 0 Å². The summed E-state index contributed by atoms with van der Waals surface area (Å²) in [4.78, 5) is 98.4. The van der Waals surface area contributed by atoms with Gasteiger partial charge in [-0.05, 0) is 80.6 Å². The molecule has 22 nitrogen and oxygen atoms in total. The second-order valence-electron chi connectivity index (χ2n) is 18.8. The molecule has 1 aromatic heterocycles. The molecule has 0 bridgehead atoms. The van der Waals surface area contributed by atoms with Crippen LogP contribution in [0, 0.1) is 42.4 Å². The van der Waals surface area contributed by atoms with Gasteiger partial charge < -0.3 is 34.9 Å². The Labute approximate surface area is 445 Å². The fourth-order valence-corrected chi connectivity index (χ4v) is 10.4. The van der Waals surface area contributed by atoms with Gasteiger partial charge in [-0.3, -0.25) is 53.9 Å². The first kappa shape index (κ1) is 63.5. The molecule has 414 valence electrons. The Morgan fingerprint density at radius 2 is 1.65 bits per heavy atom. The summed E-state index contributed by atoms with van der Waals surface area (Å²) < 4.78 is 29.7. The molecular formula is C51H77N10O12PS. The summed E-state index contributed by atoms with van der Waals surface area (Å²) in [6.07, 6.45) is 14.7. The van der Waals surface area contributed by atoms with Gasteiger partial charge in [0.25, 0.3) is 5.91 Å². The molecule has 1 aliphatic heterocycles. The number of piperidine rings is 1. The van der Waals surface area contributed by atoms with Crippen molar-refractivity contribution in [1.29, 1.82) is 0 Å².